The first-order valence-electron chi connectivity index (χ1n) is 7.46. The third-order valence-corrected chi connectivity index (χ3v) is 6.38. The summed E-state index contributed by atoms with van der Waals surface area (Å²) in [7, 11) is 0.960. The molecule has 1 aromatic heterocycles. The molecule has 0 N–H and O–H groups in total. The van der Waals surface area contributed by atoms with E-state index in [-0.39, 0.29) is 10.8 Å². The summed E-state index contributed by atoms with van der Waals surface area (Å²) in [5, 5.41) is 1.12. The third kappa shape index (κ3) is 3.55. The second-order valence-corrected chi connectivity index (χ2v) is 8.43. The molecule has 1 unspecified atom stereocenters. The first-order valence-corrected chi connectivity index (χ1v) is 8.57. The van der Waals surface area contributed by atoms with Gasteiger partial charge in [-0.1, -0.05) is 19.1 Å². The van der Waals surface area contributed by atoms with Crippen molar-refractivity contribution in [3.63, 3.8) is 0 Å². The minimum absolute atomic E-state index is 0.187. The fraction of sp³-hybridized carbons (Fsp3) is 0.529. The fourth-order valence-electron chi connectivity index (χ4n) is 2.27. The molecule has 21 heavy (non-hydrogen) atoms. The molecule has 1 heterocycles. The molecule has 0 saturated carbocycles. The largest absolute Gasteiger partial charge is 0.464 e. The van der Waals surface area contributed by atoms with Gasteiger partial charge in [0, 0.05) is 18.5 Å². The van der Waals surface area contributed by atoms with Gasteiger partial charge in [0.05, 0.1) is 22.0 Å². The van der Waals surface area contributed by atoms with Crippen LogP contribution in [-0.4, -0.2) is 26.4 Å². The van der Waals surface area contributed by atoms with E-state index >= 15 is 0 Å². The Balaban J connectivity index is 2.09. The van der Waals surface area contributed by atoms with Crippen LogP contribution in [0.3, 0.4) is 0 Å². The van der Waals surface area contributed by atoms with Gasteiger partial charge in [-0.15, -0.1) is 0 Å². The molecule has 2 atom stereocenters. The molecule has 0 aliphatic heterocycles. The predicted octanol–water partition coefficient (Wildman–Crippen LogP) is 4.15. The highest BCUT2D eigenvalue weighted by molar-refractivity contribution is 7.84. The van der Waals surface area contributed by atoms with Crippen molar-refractivity contribution in [1.82, 2.24) is 4.31 Å². The van der Waals surface area contributed by atoms with Crippen LogP contribution in [0.15, 0.2) is 34.9 Å². The van der Waals surface area contributed by atoms with Gasteiger partial charge >= 0.3 is 0 Å². The van der Waals surface area contributed by atoms with Crippen molar-refractivity contribution in [2.45, 2.75) is 51.3 Å². The molecule has 2 aromatic rings. The van der Waals surface area contributed by atoms with E-state index in [1.807, 2.05) is 17.4 Å². The summed E-state index contributed by atoms with van der Waals surface area (Å²) in [6.07, 6.45) is 3.47. The number of nitrogens with zero attached hydrogens (tertiary/aromatic N) is 1. The van der Waals surface area contributed by atoms with Crippen LogP contribution in [0.25, 0.3) is 11.0 Å². The van der Waals surface area contributed by atoms with E-state index in [0.717, 1.165) is 23.8 Å². The highest BCUT2D eigenvalue weighted by atomic mass is 32.2. The summed E-state index contributed by atoms with van der Waals surface area (Å²) in [5.74, 6) is 0. The van der Waals surface area contributed by atoms with Crippen LogP contribution in [0.4, 0.5) is 0 Å². The Kier molecular flexibility index (Phi) is 4.89. The van der Waals surface area contributed by atoms with Gasteiger partial charge in [-0.25, -0.2) is 8.51 Å². The van der Waals surface area contributed by atoms with Crippen LogP contribution >= 0.6 is 0 Å². The van der Waals surface area contributed by atoms with E-state index < -0.39 is 11.0 Å². The minimum Gasteiger partial charge on any atom is -0.464 e. The Bertz CT molecular complexity index is 633. The number of hydrogen-bond acceptors (Lipinski definition) is 2. The summed E-state index contributed by atoms with van der Waals surface area (Å²) >= 11 is 0. The second kappa shape index (κ2) is 6.32. The smallest absolute Gasteiger partial charge is 0.134 e. The van der Waals surface area contributed by atoms with E-state index in [1.54, 1.807) is 6.26 Å². The molecule has 0 aliphatic carbocycles. The number of furan rings is 1. The van der Waals surface area contributed by atoms with Crippen LogP contribution < -0.4 is 0 Å². The van der Waals surface area contributed by atoms with Gasteiger partial charge in [0.2, 0.25) is 0 Å². The van der Waals surface area contributed by atoms with E-state index in [0.29, 0.717) is 0 Å². The molecular formula is C17H25NO2S. The molecule has 1 aromatic carbocycles. The van der Waals surface area contributed by atoms with E-state index in [1.165, 1.54) is 5.56 Å². The monoisotopic (exact) mass is 307 g/mol. The average Bonchev–Trinajstić information content (AvgIpc) is 2.93. The molecule has 0 fully saturated rings. The van der Waals surface area contributed by atoms with E-state index in [9.17, 15) is 4.21 Å². The van der Waals surface area contributed by atoms with Crippen molar-refractivity contribution in [1.29, 1.82) is 0 Å². The molecule has 116 valence electrons. The van der Waals surface area contributed by atoms with Gasteiger partial charge in [-0.3, -0.25) is 0 Å². The zero-order valence-corrected chi connectivity index (χ0v) is 14.4. The van der Waals surface area contributed by atoms with Gasteiger partial charge in [-0.2, -0.15) is 0 Å². The lowest BCUT2D eigenvalue weighted by molar-refractivity contribution is 0.399. The number of rotatable bonds is 6. The van der Waals surface area contributed by atoms with Crippen LogP contribution in [0, 0.1) is 0 Å². The second-order valence-electron chi connectivity index (χ2n) is 6.25. The van der Waals surface area contributed by atoms with Crippen LogP contribution in [0.5, 0.6) is 0 Å². The van der Waals surface area contributed by atoms with E-state index in [2.05, 4.69) is 45.9 Å². The average molecular weight is 307 g/mol. The van der Waals surface area contributed by atoms with Gasteiger partial charge in [0.25, 0.3) is 0 Å². The van der Waals surface area contributed by atoms with Crippen LogP contribution in [0.2, 0.25) is 0 Å². The van der Waals surface area contributed by atoms with Gasteiger partial charge < -0.3 is 4.42 Å². The molecule has 0 amide bonds. The number of hydrogen-bond donors (Lipinski definition) is 0. The van der Waals surface area contributed by atoms with Crippen LogP contribution in [0.1, 0.15) is 39.7 Å². The van der Waals surface area contributed by atoms with Crippen molar-refractivity contribution in [2.24, 2.45) is 0 Å². The molecule has 0 saturated heterocycles. The third-order valence-electron chi connectivity index (χ3n) is 4.26. The van der Waals surface area contributed by atoms with Crippen molar-refractivity contribution in [2.75, 3.05) is 7.05 Å². The lowest BCUT2D eigenvalue weighted by Crippen LogP contribution is -2.42. The van der Waals surface area contributed by atoms with Gasteiger partial charge in [-0.05, 0) is 51.3 Å². The molecule has 4 heteroatoms. The van der Waals surface area contributed by atoms with Crippen molar-refractivity contribution in [3.05, 3.63) is 36.1 Å². The lowest BCUT2D eigenvalue weighted by atomic mass is 10.1. The Labute approximate surface area is 129 Å². The lowest BCUT2D eigenvalue weighted by Gasteiger charge is -2.32. The maximum atomic E-state index is 12.6. The minimum atomic E-state index is -0.988. The summed E-state index contributed by atoms with van der Waals surface area (Å²) in [6.45, 7) is 8.32. The van der Waals surface area contributed by atoms with Gasteiger partial charge in [0.1, 0.15) is 5.58 Å². The fourth-order valence-corrected chi connectivity index (χ4v) is 3.70. The SMILES string of the molecule is CCC(C)(C)S(=O)N(C)[C@@H](C)Cc1ccc2ccoc2c1. The molecule has 2 rings (SSSR count). The molecule has 0 spiro atoms. The molecule has 0 radical (unpaired) electrons. The standard InChI is InChI=1S/C17H25NO2S/c1-6-17(3,4)21(19)18(5)13(2)11-14-7-8-15-9-10-20-16(15)12-14/h7-10,12-13H,6,11H2,1-5H3/t13-,21?/m0/s1. The molecular weight excluding hydrogens is 282 g/mol. The maximum Gasteiger partial charge on any atom is 0.134 e. The number of fused-ring (bicyclic) bond motifs is 1. The molecule has 0 aliphatic rings. The van der Waals surface area contributed by atoms with Crippen LogP contribution in [-0.2, 0) is 17.4 Å². The summed E-state index contributed by atoms with van der Waals surface area (Å²) in [4.78, 5) is 0. The summed E-state index contributed by atoms with van der Waals surface area (Å²) in [5.41, 5.74) is 2.13. The summed E-state index contributed by atoms with van der Waals surface area (Å²) < 4.78 is 19.9. The Morgan fingerprint density at radius 1 is 1.33 bits per heavy atom. The highest BCUT2D eigenvalue weighted by Gasteiger charge is 2.29. The number of likely N-dealkylation sites (N-methyl/N-ethyl adjacent to an activating group) is 1. The topological polar surface area (TPSA) is 33.5 Å². The quantitative estimate of drug-likeness (QED) is 0.803. The maximum absolute atomic E-state index is 12.6. The Hall–Kier alpha value is -1.13. The van der Waals surface area contributed by atoms with Crippen molar-refractivity contribution < 1.29 is 8.63 Å². The first-order chi connectivity index (χ1) is 9.85. The molecule has 0 bridgehead atoms. The molecule has 3 nitrogen and oxygen atoms in total. The summed E-state index contributed by atoms with van der Waals surface area (Å²) in [6, 6.07) is 8.45. The van der Waals surface area contributed by atoms with Crippen molar-refractivity contribution in [3.8, 4) is 0 Å². The van der Waals surface area contributed by atoms with Crippen molar-refractivity contribution >= 4 is 22.0 Å². The van der Waals surface area contributed by atoms with E-state index in [4.69, 9.17) is 4.42 Å². The zero-order valence-electron chi connectivity index (χ0n) is 13.6. The Morgan fingerprint density at radius 3 is 2.71 bits per heavy atom. The number of benzene rings is 1. The first kappa shape index (κ1) is 16.2. The highest BCUT2D eigenvalue weighted by Crippen LogP contribution is 2.23. The zero-order chi connectivity index (χ0) is 15.6. The predicted molar refractivity (Wildman–Crippen MR) is 89.7 cm³/mol. The van der Waals surface area contributed by atoms with Gasteiger partial charge in [0.15, 0.2) is 0 Å². The Morgan fingerprint density at radius 2 is 2.05 bits per heavy atom. The normalized spacial score (nSPS) is 15.5.